The summed E-state index contributed by atoms with van der Waals surface area (Å²) in [6.07, 6.45) is 10.0. The molecule has 0 radical (unpaired) electrons. The van der Waals surface area contributed by atoms with Gasteiger partial charge >= 0.3 is 0 Å². The predicted octanol–water partition coefficient (Wildman–Crippen LogP) is 2.91. The molecule has 1 aliphatic carbocycles. The zero-order valence-electron chi connectivity index (χ0n) is 6.51. The van der Waals surface area contributed by atoms with Gasteiger partial charge in [-0.1, -0.05) is 32.1 Å². The fraction of sp³-hybridized carbons (Fsp3) is 1.00. The average Bonchev–Trinajstić information content (AvgIpc) is 1.87. The Morgan fingerprint density at radius 1 is 0.900 bits per heavy atom. The molecule has 0 amide bonds. The first kappa shape index (κ1) is 8.49. The van der Waals surface area contributed by atoms with E-state index in [0.717, 1.165) is 0 Å². The number of hydrogen-bond donors (Lipinski definition) is 0. The molecule has 1 fully saturated rings. The van der Waals surface area contributed by atoms with Crippen LogP contribution in [-0.2, 0) is 4.52 Å². The quantitative estimate of drug-likeness (QED) is 0.536. The lowest BCUT2D eigenvalue weighted by Gasteiger charge is -2.17. The molecular weight excluding hydrogens is 143 g/mol. The highest BCUT2D eigenvalue weighted by molar-refractivity contribution is 7.09. The minimum absolute atomic E-state index is 0.533. The third-order valence-corrected chi connectivity index (χ3v) is 2.63. The molecule has 0 saturated heterocycles. The van der Waals surface area contributed by atoms with Crippen LogP contribution in [0.4, 0.5) is 0 Å². The molecule has 0 heterocycles. The minimum atomic E-state index is 0.533. The van der Waals surface area contributed by atoms with Crippen molar-refractivity contribution in [1.29, 1.82) is 0 Å². The maximum absolute atomic E-state index is 5.24. The Labute approximate surface area is 65.8 Å². The van der Waals surface area contributed by atoms with E-state index < -0.39 is 0 Å². The molecule has 10 heavy (non-hydrogen) atoms. The highest BCUT2D eigenvalue weighted by Crippen LogP contribution is 2.20. The average molecular weight is 160 g/mol. The minimum Gasteiger partial charge on any atom is -0.362 e. The van der Waals surface area contributed by atoms with Gasteiger partial charge in [0.25, 0.3) is 0 Å². The van der Waals surface area contributed by atoms with Crippen LogP contribution in [-0.4, -0.2) is 6.10 Å². The van der Waals surface area contributed by atoms with Crippen LogP contribution in [0.3, 0.4) is 0 Å². The summed E-state index contributed by atoms with van der Waals surface area (Å²) in [6.45, 7) is 0. The second-order valence-electron chi connectivity index (χ2n) is 3.10. The molecule has 0 bridgehead atoms. The third kappa shape index (κ3) is 2.98. The van der Waals surface area contributed by atoms with Gasteiger partial charge in [0.05, 0.1) is 6.10 Å². The summed E-state index contributed by atoms with van der Waals surface area (Å²) >= 11 is 0. The zero-order valence-corrected chi connectivity index (χ0v) is 7.67. The van der Waals surface area contributed by atoms with Gasteiger partial charge in [0.15, 0.2) is 0 Å². The maximum Gasteiger partial charge on any atom is 0.0610 e. The smallest absolute Gasteiger partial charge is 0.0610 e. The molecule has 0 spiro atoms. The van der Waals surface area contributed by atoms with Gasteiger partial charge in [-0.15, -0.1) is 0 Å². The van der Waals surface area contributed by atoms with Crippen molar-refractivity contribution in [3.8, 4) is 0 Å². The molecule has 1 saturated carbocycles. The van der Waals surface area contributed by atoms with Crippen LogP contribution in [0.5, 0.6) is 0 Å². The second kappa shape index (κ2) is 5.09. The first-order valence-corrected chi connectivity index (χ1v) is 4.76. The van der Waals surface area contributed by atoms with E-state index in [-0.39, 0.29) is 0 Å². The van der Waals surface area contributed by atoms with Crippen molar-refractivity contribution in [2.45, 2.75) is 51.0 Å². The molecule has 2 heteroatoms. The van der Waals surface area contributed by atoms with Crippen LogP contribution in [0, 0.1) is 0 Å². The van der Waals surface area contributed by atoms with Gasteiger partial charge < -0.3 is 4.52 Å². The second-order valence-corrected chi connectivity index (χ2v) is 3.38. The van der Waals surface area contributed by atoms with Crippen LogP contribution in [0.15, 0.2) is 0 Å². The summed E-state index contributed by atoms with van der Waals surface area (Å²) in [5, 5.41) is 0. The number of hydrogen-bond acceptors (Lipinski definition) is 1. The lowest BCUT2D eigenvalue weighted by atomic mass is 9.99. The van der Waals surface area contributed by atoms with Gasteiger partial charge in [0.1, 0.15) is 0 Å². The van der Waals surface area contributed by atoms with E-state index in [1.807, 2.05) is 0 Å². The van der Waals surface area contributed by atoms with E-state index in [9.17, 15) is 0 Å². The van der Waals surface area contributed by atoms with Crippen molar-refractivity contribution in [3.63, 3.8) is 0 Å². The zero-order chi connectivity index (χ0) is 7.23. The van der Waals surface area contributed by atoms with Crippen LogP contribution >= 0.6 is 9.47 Å². The molecule has 60 valence electrons. The van der Waals surface area contributed by atoms with Crippen LogP contribution < -0.4 is 0 Å². The standard InChI is InChI=1S/C8H17OP/c10-9-8-6-4-2-1-3-5-7-8/h8H,1-7,10H2. The molecule has 1 unspecified atom stereocenters. The molecule has 0 N–H and O–H groups in total. The van der Waals surface area contributed by atoms with Crippen molar-refractivity contribution < 1.29 is 4.52 Å². The van der Waals surface area contributed by atoms with Crippen molar-refractivity contribution in [2.24, 2.45) is 0 Å². The van der Waals surface area contributed by atoms with Gasteiger partial charge in [-0.25, -0.2) is 0 Å². The number of rotatable bonds is 1. The summed E-state index contributed by atoms with van der Waals surface area (Å²) in [6, 6.07) is 0. The molecule has 1 nitrogen and oxygen atoms in total. The molecular formula is C8H17OP. The summed E-state index contributed by atoms with van der Waals surface area (Å²) < 4.78 is 5.24. The predicted molar refractivity (Wildman–Crippen MR) is 46.9 cm³/mol. The Morgan fingerprint density at radius 3 is 1.90 bits per heavy atom. The Bertz CT molecular complexity index is 77.3. The summed E-state index contributed by atoms with van der Waals surface area (Å²) in [7, 11) is 2.39. The van der Waals surface area contributed by atoms with Gasteiger partial charge in [0, 0.05) is 9.47 Å². The van der Waals surface area contributed by atoms with Gasteiger partial charge in [-0.2, -0.15) is 0 Å². The van der Waals surface area contributed by atoms with Crippen molar-refractivity contribution >= 4 is 9.47 Å². The highest BCUT2D eigenvalue weighted by Gasteiger charge is 2.08. The van der Waals surface area contributed by atoms with E-state index in [2.05, 4.69) is 9.47 Å². The van der Waals surface area contributed by atoms with Crippen LogP contribution in [0.2, 0.25) is 0 Å². The van der Waals surface area contributed by atoms with E-state index in [1.165, 1.54) is 44.9 Å². The van der Waals surface area contributed by atoms with Crippen molar-refractivity contribution in [1.82, 2.24) is 0 Å². The van der Waals surface area contributed by atoms with Gasteiger partial charge in [0.2, 0.25) is 0 Å². The highest BCUT2D eigenvalue weighted by atomic mass is 31.0. The van der Waals surface area contributed by atoms with Gasteiger partial charge in [-0.05, 0) is 12.8 Å². The fourth-order valence-electron chi connectivity index (χ4n) is 1.55. The Balaban J connectivity index is 2.16. The van der Waals surface area contributed by atoms with E-state index in [4.69, 9.17) is 4.52 Å². The lowest BCUT2D eigenvalue weighted by Crippen LogP contribution is -2.09. The SMILES string of the molecule is POC1CCCCCCC1. The molecule has 0 aliphatic heterocycles. The first-order valence-electron chi connectivity index (χ1n) is 4.29. The van der Waals surface area contributed by atoms with E-state index in [1.54, 1.807) is 0 Å². The fourth-order valence-corrected chi connectivity index (χ4v) is 1.83. The summed E-state index contributed by atoms with van der Waals surface area (Å²) in [4.78, 5) is 0. The van der Waals surface area contributed by atoms with Gasteiger partial charge in [-0.3, -0.25) is 0 Å². The maximum atomic E-state index is 5.24. The Kier molecular flexibility index (Phi) is 4.32. The van der Waals surface area contributed by atoms with E-state index in [0.29, 0.717) is 6.10 Å². The molecule has 0 aromatic rings. The van der Waals surface area contributed by atoms with Crippen molar-refractivity contribution in [2.75, 3.05) is 0 Å². The largest absolute Gasteiger partial charge is 0.362 e. The molecule has 0 aromatic heterocycles. The summed E-state index contributed by atoms with van der Waals surface area (Å²) in [5.41, 5.74) is 0. The summed E-state index contributed by atoms with van der Waals surface area (Å²) in [5.74, 6) is 0. The monoisotopic (exact) mass is 160 g/mol. The Morgan fingerprint density at radius 2 is 1.40 bits per heavy atom. The molecule has 1 rings (SSSR count). The lowest BCUT2D eigenvalue weighted by molar-refractivity contribution is 0.197. The normalized spacial score (nSPS) is 23.7. The molecule has 0 aromatic carbocycles. The Hall–Kier alpha value is 0.390. The molecule has 1 aliphatic rings. The third-order valence-electron chi connectivity index (χ3n) is 2.24. The van der Waals surface area contributed by atoms with E-state index >= 15 is 0 Å². The molecule has 1 atom stereocenters. The first-order chi connectivity index (χ1) is 4.93. The van der Waals surface area contributed by atoms with Crippen LogP contribution in [0.25, 0.3) is 0 Å². The van der Waals surface area contributed by atoms with Crippen LogP contribution in [0.1, 0.15) is 44.9 Å². The van der Waals surface area contributed by atoms with Crippen molar-refractivity contribution in [3.05, 3.63) is 0 Å². The topological polar surface area (TPSA) is 9.23 Å².